The zero-order valence-electron chi connectivity index (χ0n) is 11.8. The van der Waals surface area contributed by atoms with E-state index in [-0.39, 0.29) is 11.8 Å². The van der Waals surface area contributed by atoms with E-state index < -0.39 is 0 Å². The molecular weight excluding hydrogens is 264 g/mol. The van der Waals surface area contributed by atoms with Crippen LogP contribution in [-0.2, 0) is 4.74 Å². The van der Waals surface area contributed by atoms with Gasteiger partial charge in [0.2, 0.25) is 0 Å². The summed E-state index contributed by atoms with van der Waals surface area (Å²) in [6, 6.07) is 14.0. The molecule has 0 amide bonds. The third kappa shape index (κ3) is 3.58. The van der Waals surface area contributed by atoms with E-state index >= 15 is 0 Å². The number of ketones is 1. The number of Topliss-reactive ketones (excluding diaryl/α,β-unsaturated/α-hetero) is 1. The van der Waals surface area contributed by atoms with Gasteiger partial charge in [0.25, 0.3) is 0 Å². The van der Waals surface area contributed by atoms with Crippen LogP contribution in [0.2, 0.25) is 0 Å². The van der Waals surface area contributed by atoms with Gasteiger partial charge in [-0.25, -0.2) is 4.79 Å². The SMILES string of the molecule is COC(=O)c1ccc(C#Cc2ccccc2C(C)=O)cc1. The van der Waals surface area contributed by atoms with Crippen molar-refractivity contribution in [3.8, 4) is 11.8 Å². The summed E-state index contributed by atoms with van der Waals surface area (Å²) in [7, 11) is 1.34. The molecule has 21 heavy (non-hydrogen) atoms. The Balaban J connectivity index is 2.28. The minimum Gasteiger partial charge on any atom is -0.465 e. The van der Waals surface area contributed by atoms with Crippen LogP contribution in [0.5, 0.6) is 0 Å². The summed E-state index contributed by atoms with van der Waals surface area (Å²) < 4.78 is 4.64. The first-order valence-electron chi connectivity index (χ1n) is 6.42. The van der Waals surface area contributed by atoms with E-state index in [1.54, 1.807) is 30.3 Å². The van der Waals surface area contributed by atoms with Gasteiger partial charge in [0.15, 0.2) is 5.78 Å². The number of carbonyl (C=O) groups excluding carboxylic acids is 2. The van der Waals surface area contributed by atoms with Crippen LogP contribution < -0.4 is 0 Å². The lowest BCUT2D eigenvalue weighted by atomic mass is 10.0. The Morgan fingerprint density at radius 3 is 2.24 bits per heavy atom. The summed E-state index contributed by atoms with van der Waals surface area (Å²) in [5.74, 6) is 5.58. The van der Waals surface area contributed by atoms with E-state index in [9.17, 15) is 9.59 Å². The number of carbonyl (C=O) groups is 2. The van der Waals surface area contributed by atoms with Crippen LogP contribution in [0.1, 0.15) is 38.8 Å². The number of benzene rings is 2. The molecule has 0 aromatic heterocycles. The van der Waals surface area contributed by atoms with E-state index in [4.69, 9.17) is 0 Å². The monoisotopic (exact) mass is 278 g/mol. The van der Waals surface area contributed by atoms with Crippen molar-refractivity contribution >= 4 is 11.8 Å². The molecule has 0 saturated heterocycles. The third-order valence-electron chi connectivity index (χ3n) is 2.95. The molecule has 0 radical (unpaired) electrons. The van der Waals surface area contributed by atoms with Crippen molar-refractivity contribution in [3.63, 3.8) is 0 Å². The Morgan fingerprint density at radius 1 is 0.952 bits per heavy atom. The summed E-state index contributed by atoms with van der Waals surface area (Å²) in [6.45, 7) is 1.52. The lowest BCUT2D eigenvalue weighted by Gasteiger charge is -1.99. The minimum absolute atomic E-state index is 0.0130. The average molecular weight is 278 g/mol. The van der Waals surface area contributed by atoms with Crippen molar-refractivity contribution in [3.05, 3.63) is 70.8 Å². The Kier molecular flexibility index (Phi) is 4.53. The van der Waals surface area contributed by atoms with Crippen molar-refractivity contribution in [2.75, 3.05) is 7.11 Å². The maximum absolute atomic E-state index is 11.5. The van der Waals surface area contributed by atoms with Crippen LogP contribution in [0.25, 0.3) is 0 Å². The Labute approximate surface area is 123 Å². The predicted octanol–water partition coefficient (Wildman–Crippen LogP) is 3.08. The Morgan fingerprint density at radius 2 is 1.62 bits per heavy atom. The molecule has 0 aliphatic rings. The molecule has 2 aromatic rings. The molecule has 3 nitrogen and oxygen atoms in total. The highest BCUT2D eigenvalue weighted by molar-refractivity contribution is 5.96. The first-order valence-corrected chi connectivity index (χ1v) is 6.42. The van der Waals surface area contributed by atoms with E-state index in [1.165, 1.54) is 14.0 Å². The van der Waals surface area contributed by atoms with Crippen LogP contribution in [0, 0.1) is 11.8 Å². The maximum Gasteiger partial charge on any atom is 0.337 e. The number of ether oxygens (including phenoxy) is 1. The molecule has 0 atom stereocenters. The lowest BCUT2D eigenvalue weighted by molar-refractivity contribution is 0.0600. The van der Waals surface area contributed by atoms with Crippen LogP contribution in [0.3, 0.4) is 0 Å². The summed E-state index contributed by atoms with van der Waals surface area (Å²) in [5.41, 5.74) is 2.55. The van der Waals surface area contributed by atoms with Crippen molar-refractivity contribution in [1.29, 1.82) is 0 Å². The van der Waals surface area contributed by atoms with Gasteiger partial charge >= 0.3 is 5.97 Å². The normalized spacial score (nSPS) is 9.43. The van der Waals surface area contributed by atoms with Crippen LogP contribution in [0.15, 0.2) is 48.5 Å². The predicted molar refractivity (Wildman–Crippen MR) is 80.2 cm³/mol. The molecule has 0 heterocycles. The Hall–Kier alpha value is -2.86. The number of hydrogen-bond donors (Lipinski definition) is 0. The molecule has 0 N–H and O–H groups in total. The number of methoxy groups -OCH3 is 1. The fourth-order valence-electron chi connectivity index (χ4n) is 1.85. The smallest absolute Gasteiger partial charge is 0.337 e. The summed E-state index contributed by atoms with van der Waals surface area (Å²) in [6.07, 6.45) is 0. The van der Waals surface area contributed by atoms with E-state index in [2.05, 4.69) is 16.6 Å². The number of rotatable bonds is 2. The molecular formula is C18H14O3. The van der Waals surface area contributed by atoms with E-state index in [0.29, 0.717) is 16.7 Å². The number of esters is 1. The molecule has 0 aliphatic heterocycles. The van der Waals surface area contributed by atoms with Crippen molar-refractivity contribution in [2.45, 2.75) is 6.92 Å². The second-order valence-electron chi connectivity index (χ2n) is 4.42. The van der Waals surface area contributed by atoms with Crippen molar-refractivity contribution in [1.82, 2.24) is 0 Å². The number of hydrogen-bond acceptors (Lipinski definition) is 3. The zero-order chi connectivity index (χ0) is 15.2. The van der Waals surface area contributed by atoms with Crippen LogP contribution in [-0.4, -0.2) is 18.9 Å². The first kappa shape index (κ1) is 14.5. The average Bonchev–Trinajstić information content (AvgIpc) is 2.52. The largest absolute Gasteiger partial charge is 0.465 e. The van der Waals surface area contributed by atoms with Gasteiger partial charge in [-0.3, -0.25) is 4.79 Å². The topological polar surface area (TPSA) is 43.4 Å². The van der Waals surface area contributed by atoms with Gasteiger partial charge in [0.05, 0.1) is 12.7 Å². The minimum atomic E-state index is -0.378. The second-order valence-corrected chi connectivity index (χ2v) is 4.42. The molecule has 0 unspecified atom stereocenters. The van der Waals surface area contributed by atoms with Gasteiger partial charge < -0.3 is 4.74 Å². The lowest BCUT2D eigenvalue weighted by Crippen LogP contribution is -2.00. The highest BCUT2D eigenvalue weighted by Crippen LogP contribution is 2.09. The van der Waals surface area contributed by atoms with Crippen LogP contribution in [0.4, 0.5) is 0 Å². The molecule has 3 heteroatoms. The first-order chi connectivity index (χ1) is 10.1. The van der Waals surface area contributed by atoms with Gasteiger partial charge in [-0.15, -0.1) is 0 Å². The molecule has 0 fully saturated rings. The summed E-state index contributed by atoms with van der Waals surface area (Å²) in [5, 5.41) is 0. The van der Waals surface area contributed by atoms with Crippen LogP contribution >= 0.6 is 0 Å². The van der Waals surface area contributed by atoms with E-state index in [1.807, 2.05) is 18.2 Å². The fourth-order valence-corrected chi connectivity index (χ4v) is 1.85. The molecule has 2 aromatic carbocycles. The molecule has 0 spiro atoms. The van der Waals surface area contributed by atoms with Gasteiger partial charge in [0, 0.05) is 16.7 Å². The standard InChI is InChI=1S/C18H14O3/c1-13(19)17-6-4-3-5-15(17)10-7-14-8-11-16(12-9-14)18(20)21-2/h3-6,8-9,11-12H,1-2H3. The zero-order valence-corrected chi connectivity index (χ0v) is 11.8. The molecule has 0 saturated carbocycles. The highest BCUT2D eigenvalue weighted by Gasteiger charge is 2.04. The Bertz CT molecular complexity index is 731. The van der Waals surface area contributed by atoms with Gasteiger partial charge in [-0.2, -0.15) is 0 Å². The second kappa shape index (κ2) is 6.53. The molecule has 104 valence electrons. The molecule has 0 bridgehead atoms. The van der Waals surface area contributed by atoms with Gasteiger partial charge in [-0.1, -0.05) is 30.0 Å². The fraction of sp³-hybridized carbons (Fsp3) is 0.111. The summed E-state index contributed by atoms with van der Waals surface area (Å²) in [4.78, 5) is 22.8. The van der Waals surface area contributed by atoms with E-state index in [0.717, 1.165) is 5.56 Å². The molecule has 2 rings (SSSR count). The van der Waals surface area contributed by atoms with Crippen molar-refractivity contribution < 1.29 is 14.3 Å². The van der Waals surface area contributed by atoms with Gasteiger partial charge in [0.1, 0.15) is 0 Å². The summed E-state index contributed by atoms with van der Waals surface area (Å²) >= 11 is 0. The van der Waals surface area contributed by atoms with Gasteiger partial charge in [-0.05, 0) is 37.3 Å². The highest BCUT2D eigenvalue weighted by atomic mass is 16.5. The quantitative estimate of drug-likeness (QED) is 0.481. The molecule has 0 aliphatic carbocycles. The maximum atomic E-state index is 11.5. The third-order valence-corrected chi connectivity index (χ3v) is 2.95. The van der Waals surface area contributed by atoms with Crippen molar-refractivity contribution in [2.24, 2.45) is 0 Å².